The van der Waals surface area contributed by atoms with Crippen LogP contribution < -0.4 is 4.74 Å². The quantitative estimate of drug-likeness (QED) is 0.795. The molecule has 0 saturated carbocycles. The molecule has 2 nitrogen and oxygen atoms in total. The number of alkyl halides is 1. The molecule has 1 aliphatic rings. The van der Waals surface area contributed by atoms with Gasteiger partial charge in [-0.1, -0.05) is 28.1 Å². The number of methoxy groups -OCH3 is 1. The number of ether oxygens (including phenoxy) is 1. The number of piperidine rings is 1. The fourth-order valence-corrected chi connectivity index (χ4v) is 2.55. The third-order valence-electron chi connectivity index (χ3n) is 3.17. The van der Waals surface area contributed by atoms with Crippen molar-refractivity contribution in [1.82, 2.24) is 4.90 Å². The lowest BCUT2D eigenvalue weighted by Gasteiger charge is -2.29. The molecule has 94 valence electrons. The third kappa shape index (κ3) is 3.19. The highest BCUT2D eigenvalue weighted by atomic mass is 79.9. The van der Waals surface area contributed by atoms with Gasteiger partial charge in [-0.3, -0.25) is 4.90 Å². The molecule has 2 rings (SSSR count). The first-order chi connectivity index (χ1) is 8.20. The van der Waals surface area contributed by atoms with E-state index < -0.39 is 0 Å². The average Bonchev–Trinajstić information content (AvgIpc) is 2.35. The maximum Gasteiger partial charge on any atom is 0.169 e. The molecule has 1 heterocycles. The van der Waals surface area contributed by atoms with Gasteiger partial charge in [-0.2, -0.15) is 0 Å². The molecule has 0 aromatic heterocycles. The topological polar surface area (TPSA) is 12.5 Å². The highest BCUT2D eigenvalue weighted by Crippen LogP contribution is 2.23. The third-order valence-corrected chi connectivity index (χ3v) is 4.09. The minimum absolute atomic E-state index is 0.226. The summed E-state index contributed by atoms with van der Waals surface area (Å²) in [5.74, 6) is 0.105. The molecule has 0 N–H and O–H groups in total. The van der Waals surface area contributed by atoms with Gasteiger partial charge < -0.3 is 4.74 Å². The van der Waals surface area contributed by atoms with Gasteiger partial charge in [-0.25, -0.2) is 4.39 Å². The molecule has 0 unspecified atom stereocenters. The Morgan fingerprint density at radius 1 is 1.41 bits per heavy atom. The van der Waals surface area contributed by atoms with E-state index in [2.05, 4.69) is 20.8 Å². The first-order valence-corrected chi connectivity index (χ1v) is 6.80. The van der Waals surface area contributed by atoms with Crippen LogP contribution in [-0.2, 0) is 6.54 Å². The summed E-state index contributed by atoms with van der Waals surface area (Å²) in [6.45, 7) is 2.71. The molecule has 1 fully saturated rings. The maximum absolute atomic E-state index is 13.9. The summed E-state index contributed by atoms with van der Waals surface area (Å²) in [6, 6.07) is 5.33. The molecule has 4 heteroatoms. The smallest absolute Gasteiger partial charge is 0.169 e. The second kappa shape index (κ2) is 5.83. The maximum atomic E-state index is 13.9. The molecule has 1 saturated heterocycles. The number of nitrogens with zero attached hydrogens (tertiary/aromatic N) is 1. The van der Waals surface area contributed by atoms with Crippen LogP contribution in [0, 0.1) is 5.82 Å². The molecule has 0 spiro atoms. The normalized spacial score (nSPS) is 18.3. The largest absolute Gasteiger partial charge is 0.494 e. The molecule has 0 bridgehead atoms. The van der Waals surface area contributed by atoms with Crippen LogP contribution in [0.2, 0.25) is 0 Å². The number of hydrogen-bond acceptors (Lipinski definition) is 2. The van der Waals surface area contributed by atoms with Crippen LogP contribution in [0.1, 0.15) is 18.4 Å². The molecular weight excluding hydrogens is 285 g/mol. The summed E-state index contributed by atoms with van der Waals surface area (Å²) >= 11 is 3.62. The van der Waals surface area contributed by atoms with Gasteiger partial charge in [-0.15, -0.1) is 0 Å². The van der Waals surface area contributed by atoms with Crippen molar-refractivity contribution in [3.8, 4) is 5.75 Å². The van der Waals surface area contributed by atoms with E-state index in [1.54, 1.807) is 6.07 Å². The van der Waals surface area contributed by atoms with Crippen molar-refractivity contribution in [2.75, 3.05) is 20.2 Å². The van der Waals surface area contributed by atoms with E-state index in [-0.39, 0.29) is 5.82 Å². The highest BCUT2D eigenvalue weighted by Gasteiger charge is 2.18. The average molecular weight is 302 g/mol. The van der Waals surface area contributed by atoms with E-state index >= 15 is 0 Å². The van der Waals surface area contributed by atoms with E-state index in [1.807, 2.05) is 12.1 Å². The Morgan fingerprint density at radius 3 is 2.76 bits per heavy atom. The number of likely N-dealkylation sites (tertiary alicyclic amines) is 1. The predicted octanol–water partition coefficient (Wildman–Crippen LogP) is 3.19. The summed E-state index contributed by atoms with van der Waals surface area (Å²) < 4.78 is 18.9. The zero-order valence-corrected chi connectivity index (χ0v) is 11.5. The Kier molecular flexibility index (Phi) is 4.40. The molecule has 1 aromatic rings. The van der Waals surface area contributed by atoms with E-state index in [4.69, 9.17) is 4.74 Å². The van der Waals surface area contributed by atoms with Crippen LogP contribution in [0.25, 0.3) is 0 Å². The Bertz CT molecular complexity index is 378. The molecular formula is C13H17BrFNO. The lowest BCUT2D eigenvalue weighted by Crippen LogP contribution is -2.33. The van der Waals surface area contributed by atoms with Crippen LogP contribution in [0.4, 0.5) is 4.39 Å². The monoisotopic (exact) mass is 301 g/mol. The zero-order valence-electron chi connectivity index (χ0n) is 9.96. The predicted molar refractivity (Wildman–Crippen MR) is 70.2 cm³/mol. The van der Waals surface area contributed by atoms with Crippen molar-refractivity contribution >= 4 is 15.9 Å². The second-order valence-corrected chi connectivity index (χ2v) is 5.68. The van der Waals surface area contributed by atoms with Crippen molar-refractivity contribution in [2.24, 2.45) is 0 Å². The molecule has 0 radical (unpaired) electrons. The van der Waals surface area contributed by atoms with Crippen molar-refractivity contribution < 1.29 is 9.13 Å². The van der Waals surface area contributed by atoms with Crippen molar-refractivity contribution in [3.05, 3.63) is 29.6 Å². The SMILES string of the molecule is COc1cccc(CN2CCC(Br)CC2)c1F. The Morgan fingerprint density at radius 2 is 2.12 bits per heavy atom. The first-order valence-electron chi connectivity index (χ1n) is 5.88. The van der Waals surface area contributed by atoms with Gasteiger partial charge in [-0.05, 0) is 32.0 Å². The van der Waals surface area contributed by atoms with Gasteiger partial charge in [0.2, 0.25) is 0 Å². The van der Waals surface area contributed by atoms with E-state index in [9.17, 15) is 4.39 Å². The van der Waals surface area contributed by atoms with E-state index in [0.717, 1.165) is 31.5 Å². The Labute approximate surface area is 110 Å². The number of halogens is 2. The molecule has 1 aliphatic heterocycles. The summed E-state index contributed by atoms with van der Waals surface area (Å²) in [5.41, 5.74) is 0.720. The lowest BCUT2D eigenvalue weighted by atomic mass is 10.1. The molecule has 0 amide bonds. The molecule has 1 aromatic carbocycles. The number of rotatable bonds is 3. The van der Waals surface area contributed by atoms with Crippen LogP contribution >= 0.6 is 15.9 Å². The van der Waals surface area contributed by atoms with Crippen LogP contribution in [0.5, 0.6) is 5.75 Å². The van der Waals surface area contributed by atoms with Crippen molar-refractivity contribution in [3.63, 3.8) is 0 Å². The van der Waals surface area contributed by atoms with Crippen LogP contribution in [0.3, 0.4) is 0 Å². The van der Waals surface area contributed by atoms with Gasteiger partial charge in [0, 0.05) is 16.9 Å². The van der Waals surface area contributed by atoms with Gasteiger partial charge >= 0.3 is 0 Å². The Hall–Kier alpha value is -0.610. The Balaban J connectivity index is 2.03. The highest BCUT2D eigenvalue weighted by molar-refractivity contribution is 9.09. The van der Waals surface area contributed by atoms with Gasteiger partial charge in [0.15, 0.2) is 11.6 Å². The van der Waals surface area contributed by atoms with Crippen molar-refractivity contribution in [2.45, 2.75) is 24.2 Å². The summed E-state index contributed by atoms with van der Waals surface area (Å²) in [6.07, 6.45) is 2.26. The van der Waals surface area contributed by atoms with Crippen LogP contribution in [0.15, 0.2) is 18.2 Å². The molecule has 0 atom stereocenters. The van der Waals surface area contributed by atoms with Gasteiger partial charge in [0.05, 0.1) is 7.11 Å². The zero-order chi connectivity index (χ0) is 12.3. The second-order valence-electron chi connectivity index (χ2n) is 4.38. The van der Waals surface area contributed by atoms with Gasteiger partial charge in [0.1, 0.15) is 0 Å². The molecule has 17 heavy (non-hydrogen) atoms. The lowest BCUT2D eigenvalue weighted by molar-refractivity contribution is 0.222. The standard InChI is InChI=1S/C13H17BrFNO/c1-17-12-4-2-3-10(13(12)15)9-16-7-5-11(14)6-8-16/h2-4,11H,5-9H2,1H3. The first kappa shape index (κ1) is 12.8. The van der Waals surface area contributed by atoms with E-state index in [1.165, 1.54) is 7.11 Å². The minimum Gasteiger partial charge on any atom is -0.494 e. The summed E-state index contributed by atoms with van der Waals surface area (Å²) in [7, 11) is 1.50. The minimum atomic E-state index is -0.226. The summed E-state index contributed by atoms with van der Waals surface area (Å²) in [4.78, 5) is 2.91. The van der Waals surface area contributed by atoms with Gasteiger partial charge in [0.25, 0.3) is 0 Å². The van der Waals surface area contributed by atoms with E-state index in [0.29, 0.717) is 17.1 Å². The summed E-state index contributed by atoms with van der Waals surface area (Å²) in [5, 5.41) is 0. The van der Waals surface area contributed by atoms with Crippen molar-refractivity contribution in [1.29, 1.82) is 0 Å². The molecule has 0 aliphatic carbocycles. The number of hydrogen-bond donors (Lipinski definition) is 0. The fourth-order valence-electron chi connectivity index (χ4n) is 2.14. The fraction of sp³-hybridized carbons (Fsp3) is 0.538. The number of benzene rings is 1. The van der Waals surface area contributed by atoms with Crippen LogP contribution in [-0.4, -0.2) is 29.9 Å².